The first kappa shape index (κ1) is 18.4. The topological polar surface area (TPSA) is 75.7 Å². The van der Waals surface area contributed by atoms with E-state index >= 15 is 0 Å². The number of hydrogen-bond acceptors (Lipinski definition) is 4. The molecule has 1 rings (SSSR count). The number of nitrogens with zero attached hydrogens (tertiary/aromatic N) is 1. The average Bonchev–Trinajstić information content (AvgIpc) is 2.41. The maximum Gasteiger partial charge on any atom is 0.251 e. The van der Waals surface area contributed by atoms with E-state index in [2.05, 4.69) is 4.72 Å². The lowest BCUT2D eigenvalue weighted by atomic mass is 10.0. The summed E-state index contributed by atoms with van der Waals surface area (Å²) in [5.41, 5.74) is 0. The van der Waals surface area contributed by atoms with Crippen molar-refractivity contribution in [3.8, 4) is 0 Å². The van der Waals surface area contributed by atoms with Crippen molar-refractivity contribution in [2.75, 3.05) is 26.0 Å². The quantitative estimate of drug-likeness (QED) is 0.758. The van der Waals surface area contributed by atoms with Gasteiger partial charge in [-0.05, 0) is 32.1 Å². The Morgan fingerprint density at radius 2 is 2.00 bits per heavy atom. The first-order chi connectivity index (χ1) is 9.70. The monoisotopic (exact) mass is 320 g/mol. The van der Waals surface area contributed by atoms with Gasteiger partial charge >= 0.3 is 0 Å². The van der Waals surface area contributed by atoms with Crippen molar-refractivity contribution < 1.29 is 17.9 Å². The van der Waals surface area contributed by atoms with Gasteiger partial charge in [0.1, 0.15) is 6.10 Å². The Morgan fingerprint density at radius 1 is 1.33 bits per heavy atom. The Balaban J connectivity index is 2.60. The number of hydrogen-bond donors (Lipinski definition) is 1. The summed E-state index contributed by atoms with van der Waals surface area (Å²) < 4.78 is 30.5. The Labute approximate surface area is 128 Å². The number of ether oxygens (including phenoxy) is 1. The van der Waals surface area contributed by atoms with Crippen LogP contribution in [-0.2, 0) is 19.6 Å². The van der Waals surface area contributed by atoms with Crippen LogP contribution in [0.2, 0.25) is 0 Å². The minimum Gasteiger partial charge on any atom is -0.368 e. The lowest BCUT2D eigenvalue weighted by Crippen LogP contribution is -2.52. The molecule has 0 aromatic rings. The van der Waals surface area contributed by atoms with E-state index in [0.29, 0.717) is 19.1 Å². The van der Waals surface area contributed by atoms with Crippen LogP contribution in [0.3, 0.4) is 0 Å². The average molecular weight is 320 g/mol. The van der Waals surface area contributed by atoms with Gasteiger partial charge in [-0.2, -0.15) is 0 Å². The van der Waals surface area contributed by atoms with E-state index in [1.807, 2.05) is 13.8 Å². The van der Waals surface area contributed by atoms with Crippen LogP contribution in [0.1, 0.15) is 40.0 Å². The Morgan fingerprint density at radius 3 is 2.57 bits per heavy atom. The number of amides is 1. The second-order valence-electron chi connectivity index (χ2n) is 6.17. The standard InChI is InChI=1S/C14H28N2O4S/c1-11(2)10-20-12(3)14(17)16-8-6-5-7-13(16)9-15-21(4,18)19/h11-13,15H,5-10H2,1-4H3/t12-,13-/m1/s1. The SMILES string of the molecule is CC(C)CO[C@H](C)C(=O)N1CCCC[C@@H]1CNS(C)(=O)=O. The van der Waals surface area contributed by atoms with Crippen LogP contribution in [0.4, 0.5) is 0 Å². The molecule has 6 nitrogen and oxygen atoms in total. The molecule has 0 aliphatic carbocycles. The van der Waals surface area contributed by atoms with Crippen LogP contribution in [0.25, 0.3) is 0 Å². The van der Waals surface area contributed by atoms with Crippen LogP contribution in [0, 0.1) is 5.92 Å². The third kappa shape index (κ3) is 6.76. The van der Waals surface area contributed by atoms with Gasteiger partial charge in [0.15, 0.2) is 0 Å². The predicted octanol–water partition coefficient (Wildman–Crippen LogP) is 0.978. The van der Waals surface area contributed by atoms with Gasteiger partial charge in [-0.15, -0.1) is 0 Å². The van der Waals surface area contributed by atoms with Gasteiger partial charge in [0.05, 0.1) is 6.26 Å². The Bertz CT molecular complexity index is 436. The highest BCUT2D eigenvalue weighted by Gasteiger charge is 2.30. The molecule has 124 valence electrons. The van der Waals surface area contributed by atoms with Crippen molar-refractivity contribution in [2.24, 2.45) is 5.92 Å². The van der Waals surface area contributed by atoms with Gasteiger partial charge < -0.3 is 9.64 Å². The number of rotatable bonds is 7. The summed E-state index contributed by atoms with van der Waals surface area (Å²) in [5, 5.41) is 0. The summed E-state index contributed by atoms with van der Waals surface area (Å²) in [5.74, 6) is 0.333. The second kappa shape index (κ2) is 8.10. The molecule has 0 aromatic carbocycles. The molecule has 0 unspecified atom stereocenters. The number of nitrogens with one attached hydrogen (secondary N) is 1. The molecule has 1 N–H and O–H groups in total. The summed E-state index contributed by atoms with van der Waals surface area (Å²) in [4.78, 5) is 14.2. The zero-order valence-electron chi connectivity index (χ0n) is 13.5. The van der Waals surface area contributed by atoms with Crippen molar-refractivity contribution in [2.45, 2.75) is 52.2 Å². The predicted molar refractivity (Wildman–Crippen MR) is 82.5 cm³/mol. The molecule has 0 radical (unpaired) electrons. The van der Waals surface area contributed by atoms with Gasteiger partial charge in [-0.25, -0.2) is 13.1 Å². The minimum absolute atomic E-state index is 0.0457. The molecule has 0 bridgehead atoms. The van der Waals surface area contributed by atoms with Gasteiger partial charge in [0.25, 0.3) is 5.91 Å². The van der Waals surface area contributed by atoms with Crippen LogP contribution >= 0.6 is 0 Å². The van der Waals surface area contributed by atoms with Crippen LogP contribution in [0.15, 0.2) is 0 Å². The van der Waals surface area contributed by atoms with E-state index in [1.54, 1.807) is 11.8 Å². The van der Waals surface area contributed by atoms with Gasteiger partial charge in [0.2, 0.25) is 10.0 Å². The highest BCUT2D eigenvalue weighted by atomic mass is 32.2. The fraction of sp³-hybridized carbons (Fsp3) is 0.929. The first-order valence-corrected chi connectivity index (χ1v) is 9.46. The van der Waals surface area contributed by atoms with Crippen LogP contribution < -0.4 is 4.72 Å². The summed E-state index contributed by atoms with van der Waals surface area (Å²) >= 11 is 0. The third-order valence-corrected chi connectivity index (χ3v) is 4.21. The lowest BCUT2D eigenvalue weighted by molar-refractivity contribution is -0.146. The van der Waals surface area contributed by atoms with Crippen molar-refractivity contribution in [3.05, 3.63) is 0 Å². The normalized spacial score (nSPS) is 21.6. The van der Waals surface area contributed by atoms with E-state index in [0.717, 1.165) is 25.5 Å². The fourth-order valence-electron chi connectivity index (χ4n) is 2.39. The van der Waals surface area contributed by atoms with Crippen molar-refractivity contribution in [3.63, 3.8) is 0 Å². The summed E-state index contributed by atoms with van der Waals surface area (Å²) in [6.07, 6.45) is 3.45. The number of carbonyl (C=O) groups is 1. The minimum atomic E-state index is -3.23. The van der Waals surface area contributed by atoms with E-state index in [-0.39, 0.29) is 18.5 Å². The first-order valence-electron chi connectivity index (χ1n) is 7.57. The molecule has 1 aliphatic heterocycles. The summed E-state index contributed by atoms with van der Waals surface area (Å²) in [7, 11) is -3.23. The van der Waals surface area contributed by atoms with Gasteiger partial charge in [0, 0.05) is 25.7 Å². The van der Waals surface area contributed by atoms with E-state index in [4.69, 9.17) is 4.74 Å². The summed E-state index contributed by atoms with van der Waals surface area (Å²) in [6.45, 7) is 7.34. The van der Waals surface area contributed by atoms with E-state index < -0.39 is 16.1 Å². The van der Waals surface area contributed by atoms with Crippen molar-refractivity contribution in [1.29, 1.82) is 0 Å². The summed E-state index contributed by atoms with van der Waals surface area (Å²) in [6, 6.07) is -0.0777. The highest BCUT2D eigenvalue weighted by Crippen LogP contribution is 2.18. The van der Waals surface area contributed by atoms with Crippen molar-refractivity contribution >= 4 is 15.9 Å². The van der Waals surface area contributed by atoms with E-state index in [9.17, 15) is 13.2 Å². The van der Waals surface area contributed by atoms with Crippen molar-refractivity contribution in [1.82, 2.24) is 9.62 Å². The molecular weight excluding hydrogens is 292 g/mol. The zero-order valence-corrected chi connectivity index (χ0v) is 14.3. The molecule has 1 saturated heterocycles. The number of carbonyl (C=O) groups excluding carboxylic acids is 1. The maximum absolute atomic E-state index is 12.5. The van der Waals surface area contributed by atoms with Crippen LogP contribution in [-0.4, -0.2) is 57.3 Å². The molecule has 0 saturated carbocycles. The molecule has 21 heavy (non-hydrogen) atoms. The number of piperidine rings is 1. The molecule has 0 spiro atoms. The van der Waals surface area contributed by atoms with Gasteiger partial charge in [-0.1, -0.05) is 13.8 Å². The molecule has 1 amide bonds. The zero-order chi connectivity index (χ0) is 16.0. The second-order valence-corrected chi connectivity index (χ2v) is 8.00. The molecule has 0 aromatic heterocycles. The van der Waals surface area contributed by atoms with Crippen LogP contribution in [0.5, 0.6) is 0 Å². The Kier molecular flexibility index (Phi) is 7.09. The lowest BCUT2D eigenvalue weighted by Gasteiger charge is -2.37. The van der Waals surface area contributed by atoms with Gasteiger partial charge in [-0.3, -0.25) is 4.79 Å². The largest absolute Gasteiger partial charge is 0.368 e. The Hall–Kier alpha value is -0.660. The molecule has 7 heteroatoms. The molecule has 2 atom stereocenters. The molecule has 1 fully saturated rings. The third-order valence-electron chi connectivity index (χ3n) is 3.52. The molecule has 1 heterocycles. The number of sulfonamides is 1. The highest BCUT2D eigenvalue weighted by molar-refractivity contribution is 7.88. The number of likely N-dealkylation sites (tertiary alicyclic amines) is 1. The molecular formula is C14H28N2O4S. The van der Waals surface area contributed by atoms with E-state index in [1.165, 1.54) is 0 Å². The fourth-order valence-corrected chi connectivity index (χ4v) is 2.89. The smallest absolute Gasteiger partial charge is 0.251 e. The molecule has 1 aliphatic rings. The maximum atomic E-state index is 12.5.